The minimum Gasteiger partial charge on any atom is -0.657 e. The smallest absolute Gasteiger partial charge is 0.657 e. The number of benzene rings is 2. The molecule has 5 heterocycles. The molecule has 0 saturated carbocycles. The van der Waals surface area contributed by atoms with E-state index < -0.39 is 6.10 Å². The summed E-state index contributed by atoms with van der Waals surface area (Å²) in [4.78, 5) is 33.8. The van der Waals surface area contributed by atoms with E-state index in [9.17, 15) is 9.90 Å². The molecule has 1 atom stereocenters. The first kappa shape index (κ1) is 42.9. The summed E-state index contributed by atoms with van der Waals surface area (Å²) in [5.74, 6) is 0. The van der Waals surface area contributed by atoms with Crippen molar-refractivity contribution in [2.45, 2.75) is 118 Å². The van der Waals surface area contributed by atoms with Crippen molar-refractivity contribution >= 4 is 52.7 Å². The Hall–Kier alpha value is -4.71. The predicted molar refractivity (Wildman–Crippen MR) is 238 cm³/mol. The van der Waals surface area contributed by atoms with E-state index in [1.807, 2.05) is 48.6 Å². The predicted octanol–water partition coefficient (Wildman–Crippen LogP) is 12.3. The Kier molecular flexibility index (Phi) is 11.2. The number of nitrogens with zero attached hydrogens (tertiary/aromatic N) is 4. The van der Waals surface area contributed by atoms with E-state index in [0.29, 0.717) is 39.1 Å². The van der Waals surface area contributed by atoms with Gasteiger partial charge in [-0.25, -0.2) is 9.97 Å². The third-order valence-electron chi connectivity index (χ3n) is 11.1. The van der Waals surface area contributed by atoms with E-state index in [1.165, 1.54) is 22.3 Å². The number of aliphatic hydroxyl groups is 1. The largest absolute Gasteiger partial charge is 2.00 e. The van der Waals surface area contributed by atoms with Crippen LogP contribution in [0.1, 0.15) is 157 Å². The van der Waals surface area contributed by atoms with Gasteiger partial charge in [0.1, 0.15) is 0 Å². The molecule has 5 aromatic rings. The molecule has 0 saturated heterocycles. The number of carbonyl (C=O) groups is 1. The fourth-order valence-electron chi connectivity index (χ4n) is 7.45. The molecule has 7 heteroatoms. The number of carbonyl (C=O) groups excluding carboxylic acids is 1. The molecule has 0 fully saturated rings. The normalized spacial score (nSPS) is 13.8. The second kappa shape index (κ2) is 15.2. The number of fused-ring (bicyclic) bond motifs is 8. The van der Waals surface area contributed by atoms with E-state index in [4.69, 9.17) is 19.9 Å². The summed E-state index contributed by atoms with van der Waals surface area (Å²) in [7, 11) is 0. The molecule has 1 N–H and O–H groups in total. The summed E-state index contributed by atoms with van der Waals surface area (Å²) in [6, 6.07) is 21.4. The summed E-state index contributed by atoms with van der Waals surface area (Å²) in [5.41, 5.74) is 14.5. The van der Waals surface area contributed by atoms with Gasteiger partial charge in [-0.2, -0.15) is 0 Å². The molecule has 0 spiro atoms. The van der Waals surface area contributed by atoms with E-state index >= 15 is 0 Å². The van der Waals surface area contributed by atoms with Gasteiger partial charge in [-0.15, -0.1) is 22.1 Å². The molecular formula is C51H56N4O2Zn. The van der Waals surface area contributed by atoms with Crippen molar-refractivity contribution in [3.8, 4) is 22.3 Å². The Morgan fingerprint density at radius 1 is 0.534 bits per heavy atom. The van der Waals surface area contributed by atoms with Crippen molar-refractivity contribution in [2.24, 2.45) is 0 Å². The van der Waals surface area contributed by atoms with Crippen LogP contribution in [0.4, 0.5) is 0 Å². The second-order valence-corrected chi connectivity index (χ2v) is 19.9. The SMILES string of the molecule is CC(O)c1cc2[n-]c1cc1nc(c(-c3cc(C(C)(C)C)cc(C(C)(C)C)c3)c3ccc([n-]3)c(C=O)c3nc(c2-c2cc(C(C)(C)C)cc(C(C)(C)C)c2)C=C3)C=C1.[Zn+2]. The summed E-state index contributed by atoms with van der Waals surface area (Å²) < 4.78 is 0. The van der Waals surface area contributed by atoms with Crippen molar-refractivity contribution < 1.29 is 29.4 Å². The fraction of sp³-hybridized carbons (Fsp3) is 0.353. The molecule has 294 valence electrons. The quantitative estimate of drug-likeness (QED) is 0.140. The zero-order chi connectivity index (χ0) is 41.4. The molecule has 58 heavy (non-hydrogen) atoms. The van der Waals surface area contributed by atoms with Crippen molar-refractivity contribution in [2.75, 3.05) is 0 Å². The maximum absolute atomic E-state index is 13.1. The van der Waals surface area contributed by atoms with Gasteiger partial charge in [-0.3, -0.25) is 4.79 Å². The molecule has 8 bridgehead atoms. The van der Waals surface area contributed by atoms with Crippen LogP contribution in [0.15, 0.2) is 60.7 Å². The van der Waals surface area contributed by atoms with Gasteiger partial charge in [-0.05, 0) is 103 Å². The molecule has 6 nitrogen and oxygen atoms in total. The van der Waals surface area contributed by atoms with E-state index in [1.54, 1.807) is 6.92 Å². The molecule has 2 aromatic carbocycles. The van der Waals surface area contributed by atoms with Crippen LogP contribution >= 0.6 is 0 Å². The van der Waals surface area contributed by atoms with Gasteiger partial charge in [0, 0.05) is 5.56 Å². The Balaban J connectivity index is 0.00000567. The molecule has 3 aromatic heterocycles. The molecule has 1 unspecified atom stereocenters. The van der Waals surface area contributed by atoms with Crippen LogP contribution in [-0.4, -0.2) is 21.4 Å². The standard InChI is InChI=1S/C51H57N4O2.Zn/c1-29(57)37-27-45-47(31-22-34(50(8,9)10)25-35(23-31)51(11,12)13)43-19-17-40(54-43)38(28-56)39-16-18-42(53-39)46(41-15-14-36(52-41)26-44(37)55-45)30-20-32(48(2,3)4)24-33(21-30)49(5,6)7;/h14-29,57H,1-13H3,(H-,52,53,54,55,56);/q-1;+2/p-1. The first-order valence-corrected chi connectivity index (χ1v) is 20.0. The van der Waals surface area contributed by atoms with Gasteiger partial charge in [0.25, 0.3) is 0 Å². The van der Waals surface area contributed by atoms with Crippen LogP contribution in [0, 0.1) is 0 Å². The second-order valence-electron chi connectivity index (χ2n) is 19.9. The average molecular weight is 822 g/mol. The van der Waals surface area contributed by atoms with E-state index in [2.05, 4.69) is 119 Å². The number of aldehydes is 1. The van der Waals surface area contributed by atoms with Gasteiger partial charge in [0.2, 0.25) is 0 Å². The Morgan fingerprint density at radius 2 is 0.966 bits per heavy atom. The summed E-state index contributed by atoms with van der Waals surface area (Å²) in [6.45, 7) is 28.5. The van der Waals surface area contributed by atoms with Crippen LogP contribution in [0.5, 0.6) is 0 Å². The number of hydrogen-bond donors (Lipinski definition) is 1. The molecule has 0 amide bonds. The zero-order valence-corrected chi connectivity index (χ0v) is 39.6. The number of hydrogen-bond acceptors (Lipinski definition) is 4. The molecule has 0 aliphatic carbocycles. The van der Waals surface area contributed by atoms with Crippen LogP contribution < -0.4 is 9.97 Å². The molecular weight excluding hydrogens is 766 g/mol. The van der Waals surface area contributed by atoms with Gasteiger partial charge in [-0.1, -0.05) is 144 Å². The Bertz CT molecular complexity index is 2600. The average Bonchev–Trinajstić information content (AvgIpc) is 3.93. The van der Waals surface area contributed by atoms with E-state index in [-0.39, 0.29) is 41.1 Å². The van der Waals surface area contributed by atoms with Crippen molar-refractivity contribution in [1.29, 1.82) is 0 Å². The van der Waals surface area contributed by atoms with E-state index in [0.717, 1.165) is 45.4 Å². The fourth-order valence-corrected chi connectivity index (χ4v) is 7.45. The third kappa shape index (κ3) is 8.40. The van der Waals surface area contributed by atoms with Crippen LogP contribution in [-0.2, 0) is 41.1 Å². The molecule has 2 aliphatic heterocycles. The number of aliphatic hydroxyl groups excluding tert-OH is 1. The minimum atomic E-state index is -0.788. The number of rotatable bonds is 4. The topological polar surface area (TPSA) is 91.3 Å². The van der Waals surface area contributed by atoms with Gasteiger partial charge in [0.05, 0.1) is 28.9 Å². The molecule has 0 radical (unpaired) electrons. The van der Waals surface area contributed by atoms with Crippen molar-refractivity contribution in [1.82, 2.24) is 19.9 Å². The molecule has 2 aliphatic rings. The van der Waals surface area contributed by atoms with Crippen LogP contribution in [0.3, 0.4) is 0 Å². The summed E-state index contributed by atoms with van der Waals surface area (Å²) in [6.07, 6.45) is 7.95. The first-order valence-electron chi connectivity index (χ1n) is 20.0. The van der Waals surface area contributed by atoms with Gasteiger partial charge < -0.3 is 15.1 Å². The van der Waals surface area contributed by atoms with Crippen LogP contribution in [0.2, 0.25) is 0 Å². The van der Waals surface area contributed by atoms with Crippen LogP contribution in [0.25, 0.3) is 68.6 Å². The maximum atomic E-state index is 13.1. The summed E-state index contributed by atoms with van der Waals surface area (Å²) in [5, 5.41) is 11.2. The Labute approximate surface area is 357 Å². The number of aromatic nitrogens is 4. The van der Waals surface area contributed by atoms with Crippen molar-refractivity contribution in [3.05, 3.63) is 117 Å². The van der Waals surface area contributed by atoms with Crippen molar-refractivity contribution in [3.63, 3.8) is 0 Å². The van der Waals surface area contributed by atoms with Gasteiger partial charge >= 0.3 is 19.5 Å². The minimum absolute atomic E-state index is 0. The summed E-state index contributed by atoms with van der Waals surface area (Å²) >= 11 is 0. The Morgan fingerprint density at radius 3 is 1.45 bits per heavy atom. The monoisotopic (exact) mass is 820 g/mol. The maximum Gasteiger partial charge on any atom is 2.00 e. The zero-order valence-electron chi connectivity index (χ0n) is 36.6. The first-order chi connectivity index (χ1) is 26.5. The third-order valence-corrected chi connectivity index (χ3v) is 11.1. The molecule has 7 rings (SSSR count). The van der Waals surface area contributed by atoms with Gasteiger partial charge in [0.15, 0.2) is 6.29 Å².